The van der Waals surface area contributed by atoms with Gasteiger partial charge in [-0.3, -0.25) is 0 Å². The zero-order valence-corrected chi connectivity index (χ0v) is 15.9. The highest BCUT2D eigenvalue weighted by Gasteiger charge is 2.09. The largest absolute Gasteiger partial charge is 0.494 e. The van der Waals surface area contributed by atoms with E-state index in [1.807, 2.05) is 13.0 Å². The van der Waals surface area contributed by atoms with Gasteiger partial charge in [-0.15, -0.1) is 11.6 Å². The third-order valence-electron chi connectivity index (χ3n) is 4.34. The third kappa shape index (κ3) is 5.04. The van der Waals surface area contributed by atoms with Crippen LogP contribution in [0.1, 0.15) is 52.0 Å². The smallest absolute Gasteiger partial charge is 0.123 e. The minimum atomic E-state index is 0.302. The molecule has 0 aliphatic heterocycles. The Morgan fingerprint density at radius 1 is 1.00 bits per heavy atom. The Bertz CT molecular complexity index is 639. The van der Waals surface area contributed by atoms with Crippen molar-refractivity contribution in [2.75, 3.05) is 13.2 Å². The normalized spacial score (nSPS) is 12.3. The van der Waals surface area contributed by atoms with Crippen molar-refractivity contribution in [3.8, 4) is 11.5 Å². The van der Waals surface area contributed by atoms with Crippen LogP contribution >= 0.6 is 11.6 Å². The summed E-state index contributed by atoms with van der Waals surface area (Å²) < 4.78 is 11.7. The molecule has 2 aromatic rings. The first-order chi connectivity index (χ1) is 11.7. The van der Waals surface area contributed by atoms with Crippen LogP contribution in [0.4, 0.5) is 0 Å². The second kappa shape index (κ2) is 9.78. The van der Waals surface area contributed by atoms with Crippen LogP contribution < -0.4 is 9.47 Å². The van der Waals surface area contributed by atoms with Gasteiger partial charge in [0.1, 0.15) is 11.5 Å². The summed E-state index contributed by atoms with van der Waals surface area (Å²) in [5, 5.41) is 2.76. The van der Waals surface area contributed by atoms with Gasteiger partial charge in [-0.05, 0) is 68.0 Å². The quantitative estimate of drug-likeness (QED) is 0.367. The summed E-state index contributed by atoms with van der Waals surface area (Å²) >= 11 is 6.16. The number of fused-ring (bicyclic) bond motifs is 1. The van der Waals surface area contributed by atoms with E-state index in [2.05, 4.69) is 38.1 Å². The number of ether oxygens (including phenoxy) is 2. The second-order valence-electron chi connectivity index (χ2n) is 6.06. The molecule has 2 aromatic carbocycles. The molecule has 0 aliphatic carbocycles. The summed E-state index contributed by atoms with van der Waals surface area (Å²) in [7, 11) is 0. The fraction of sp³-hybridized carbons (Fsp3) is 0.524. The molecule has 0 aliphatic rings. The maximum Gasteiger partial charge on any atom is 0.123 e. The molecule has 0 N–H and O–H groups in total. The Balaban J connectivity index is 2.03. The van der Waals surface area contributed by atoms with Gasteiger partial charge in [-0.25, -0.2) is 0 Å². The van der Waals surface area contributed by atoms with Gasteiger partial charge in [-0.1, -0.05) is 26.0 Å². The Labute approximate surface area is 151 Å². The van der Waals surface area contributed by atoms with Crippen molar-refractivity contribution in [1.29, 1.82) is 0 Å². The highest BCUT2D eigenvalue weighted by molar-refractivity contribution is 6.20. The molecule has 0 spiro atoms. The van der Waals surface area contributed by atoms with Crippen LogP contribution in [-0.4, -0.2) is 18.6 Å². The molecule has 2 nitrogen and oxygen atoms in total. The van der Waals surface area contributed by atoms with Crippen molar-refractivity contribution >= 4 is 22.4 Å². The molecule has 0 saturated heterocycles. The minimum absolute atomic E-state index is 0.302. The average Bonchev–Trinajstić information content (AvgIpc) is 2.61. The minimum Gasteiger partial charge on any atom is -0.494 e. The lowest BCUT2D eigenvalue weighted by molar-refractivity contribution is 0.302. The highest BCUT2D eigenvalue weighted by atomic mass is 35.5. The van der Waals surface area contributed by atoms with E-state index in [-0.39, 0.29) is 0 Å². The predicted molar refractivity (Wildman–Crippen MR) is 104 cm³/mol. The van der Waals surface area contributed by atoms with Crippen LogP contribution in [0, 0.1) is 0 Å². The van der Waals surface area contributed by atoms with Crippen molar-refractivity contribution in [2.24, 2.45) is 0 Å². The summed E-state index contributed by atoms with van der Waals surface area (Å²) in [6, 6.07) is 10.5. The molecule has 0 fully saturated rings. The molecule has 24 heavy (non-hydrogen) atoms. The summed E-state index contributed by atoms with van der Waals surface area (Å²) in [5.41, 5.74) is 1.28. The maximum absolute atomic E-state index is 6.16. The van der Waals surface area contributed by atoms with Crippen molar-refractivity contribution in [2.45, 2.75) is 58.3 Å². The van der Waals surface area contributed by atoms with E-state index in [1.54, 1.807) is 0 Å². The lowest BCUT2D eigenvalue weighted by Crippen LogP contribution is -2.02. The van der Waals surface area contributed by atoms with E-state index in [9.17, 15) is 0 Å². The van der Waals surface area contributed by atoms with Crippen LogP contribution in [0.3, 0.4) is 0 Å². The molecule has 0 aromatic heterocycles. The average molecular weight is 349 g/mol. The summed E-state index contributed by atoms with van der Waals surface area (Å²) in [6.45, 7) is 7.76. The number of rotatable bonds is 10. The number of hydrogen-bond donors (Lipinski definition) is 0. The van der Waals surface area contributed by atoms with E-state index >= 15 is 0 Å². The fourth-order valence-electron chi connectivity index (χ4n) is 2.96. The number of hydrogen-bond acceptors (Lipinski definition) is 2. The first-order valence-corrected chi connectivity index (χ1v) is 9.58. The van der Waals surface area contributed by atoms with Gasteiger partial charge >= 0.3 is 0 Å². The molecule has 1 atom stereocenters. The number of benzene rings is 2. The summed E-state index contributed by atoms with van der Waals surface area (Å²) in [6.07, 6.45) is 5.24. The Morgan fingerprint density at radius 2 is 1.83 bits per heavy atom. The molecule has 0 heterocycles. The van der Waals surface area contributed by atoms with E-state index in [1.165, 1.54) is 16.3 Å². The molecule has 0 bridgehead atoms. The molecule has 3 heteroatoms. The van der Waals surface area contributed by atoms with E-state index in [0.29, 0.717) is 12.0 Å². The van der Waals surface area contributed by atoms with Crippen molar-refractivity contribution in [3.63, 3.8) is 0 Å². The predicted octanol–water partition coefficient (Wildman–Crippen LogP) is 6.37. The lowest BCUT2D eigenvalue weighted by Gasteiger charge is -2.14. The molecular weight excluding hydrogens is 320 g/mol. The Morgan fingerprint density at radius 3 is 2.54 bits per heavy atom. The van der Waals surface area contributed by atoms with Gasteiger partial charge in [0.15, 0.2) is 0 Å². The third-order valence-corrected chi connectivity index (χ3v) is 4.86. The number of unbranched alkanes of at least 4 members (excludes halogenated alkanes) is 1. The molecule has 1 unspecified atom stereocenters. The van der Waals surface area contributed by atoms with Gasteiger partial charge in [-0.2, -0.15) is 0 Å². The first kappa shape index (κ1) is 18.9. The Kier molecular flexibility index (Phi) is 7.71. The number of halogens is 1. The second-order valence-corrected chi connectivity index (χ2v) is 6.68. The zero-order valence-electron chi connectivity index (χ0n) is 15.1. The summed E-state index contributed by atoms with van der Waals surface area (Å²) in [4.78, 5) is 0. The molecular formula is C21H29ClO2. The van der Waals surface area contributed by atoms with E-state index < -0.39 is 0 Å². The van der Waals surface area contributed by atoms with Gasteiger partial charge < -0.3 is 9.47 Å². The van der Waals surface area contributed by atoms with Crippen molar-refractivity contribution in [1.82, 2.24) is 0 Å². The highest BCUT2D eigenvalue weighted by Crippen LogP contribution is 2.31. The Hall–Kier alpha value is -1.41. The SMILES string of the molecule is CCOc1ccc2c(CC)c(OCCCCC(Cl)CC)ccc2c1. The van der Waals surface area contributed by atoms with E-state index in [4.69, 9.17) is 21.1 Å². The monoisotopic (exact) mass is 348 g/mol. The molecule has 0 saturated carbocycles. The van der Waals surface area contributed by atoms with Crippen LogP contribution in [0.5, 0.6) is 11.5 Å². The van der Waals surface area contributed by atoms with Crippen molar-refractivity contribution < 1.29 is 9.47 Å². The molecule has 2 rings (SSSR count). The van der Waals surface area contributed by atoms with Crippen LogP contribution in [-0.2, 0) is 6.42 Å². The zero-order chi connectivity index (χ0) is 17.4. The molecule has 0 radical (unpaired) electrons. The van der Waals surface area contributed by atoms with Crippen LogP contribution in [0.15, 0.2) is 30.3 Å². The topological polar surface area (TPSA) is 18.5 Å². The van der Waals surface area contributed by atoms with Crippen molar-refractivity contribution in [3.05, 3.63) is 35.9 Å². The van der Waals surface area contributed by atoms with Gasteiger partial charge in [0, 0.05) is 10.9 Å². The van der Waals surface area contributed by atoms with E-state index in [0.717, 1.165) is 50.2 Å². The number of alkyl halides is 1. The van der Waals surface area contributed by atoms with Gasteiger partial charge in [0.25, 0.3) is 0 Å². The van der Waals surface area contributed by atoms with Gasteiger partial charge in [0.2, 0.25) is 0 Å². The lowest BCUT2D eigenvalue weighted by atomic mass is 10.0. The first-order valence-electron chi connectivity index (χ1n) is 9.14. The maximum atomic E-state index is 6.16. The number of aryl methyl sites for hydroxylation is 1. The van der Waals surface area contributed by atoms with Gasteiger partial charge in [0.05, 0.1) is 13.2 Å². The molecule has 132 valence electrons. The summed E-state index contributed by atoms with van der Waals surface area (Å²) in [5.74, 6) is 1.93. The molecule has 0 amide bonds. The van der Waals surface area contributed by atoms with Crippen LogP contribution in [0.2, 0.25) is 0 Å². The van der Waals surface area contributed by atoms with Crippen LogP contribution in [0.25, 0.3) is 10.8 Å². The standard InChI is InChI=1S/C21H29ClO2/c1-4-17(22)9-7-8-14-24-21-13-10-16-15-18(23-6-3)11-12-20(16)19(21)5-2/h10-13,15,17H,4-9,14H2,1-3H3. The fourth-order valence-corrected chi connectivity index (χ4v) is 3.12.